The minimum absolute atomic E-state index is 0.113. The van der Waals surface area contributed by atoms with Crippen LogP contribution >= 0.6 is 0 Å². The van der Waals surface area contributed by atoms with Crippen molar-refractivity contribution >= 4 is 11.8 Å². The lowest BCUT2D eigenvalue weighted by Gasteiger charge is -2.40. The van der Waals surface area contributed by atoms with Crippen LogP contribution in [0.2, 0.25) is 0 Å². The number of ether oxygens (including phenoxy) is 1. The summed E-state index contributed by atoms with van der Waals surface area (Å²) in [5, 5.41) is 14.4. The molecule has 1 aromatic heterocycles. The van der Waals surface area contributed by atoms with Gasteiger partial charge in [0.1, 0.15) is 11.4 Å². The van der Waals surface area contributed by atoms with E-state index in [-0.39, 0.29) is 12.0 Å². The third kappa shape index (κ3) is 4.79. The first kappa shape index (κ1) is 20.1. The third-order valence-electron chi connectivity index (χ3n) is 5.88. The molecular formula is C21H33N3O3. The van der Waals surface area contributed by atoms with Crippen molar-refractivity contribution in [3.05, 3.63) is 22.9 Å². The maximum Gasteiger partial charge on any atom is 0.341 e. The largest absolute Gasteiger partial charge is 0.462 e. The number of nitrogens with zero attached hydrogens (tertiary/aromatic N) is 2. The van der Waals surface area contributed by atoms with Gasteiger partial charge in [-0.3, -0.25) is 0 Å². The molecule has 0 radical (unpaired) electrons. The standard InChI is InChI=1S/C21H33N3O3/c1-4-27-21(26)17-12-14(2)15(3)22-20(17)24-11-10-18(19(25)13-24)23-16-8-6-5-7-9-16/h12,16,18-19,23,25H,4-11,13H2,1-3H3/t18-,19-/m1/s1. The minimum atomic E-state index is -0.473. The predicted octanol–water partition coefficient (Wildman–Crippen LogP) is 2.74. The lowest BCUT2D eigenvalue weighted by Crippen LogP contribution is -2.55. The monoisotopic (exact) mass is 375 g/mol. The zero-order chi connectivity index (χ0) is 19.4. The van der Waals surface area contributed by atoms with Crippen LogP contribution < -0.4 is 10.2 Å². The molecule has 6 heteroatoms. The van der Waals surface area contributed by atoms with Crippen LogP contribution in [0.15, 0.2) is 6.07 Å². The van der Waals surface area contributed by atoms with Crippen molar-refractivity contribution in [3.63, 3.8) is 0 Å². The SMILES string of the molecule is CCOC(=O)c1cc(C)c(C)nc1N1CC[C@@H](NC2CCCCC2)[C@H](O)C1. The molecule has 2 fully saturated rings. The smallest absolute Gasteiger partial charge is 0.341 e. The second-order valence-corrected chi connectivity index (χ2v) is 7.89. The minimum Gasteiger partial charge on any atom is -0.462 e. The van der Waals surface area contributed by atoms with E-state index in [4.69, 9.17) is 4.74 Å². The van der Waals surface area contributed by atoms with Crippen LogP contribution in [0, 0.1) is 13.8 Å². The van der Waals surface area contributed by atoms with Crippen LogP contribution in [0.4, 0.5) is 5.82 Å². The maximum atomic E-state index is 12.4. The summed E-state index contributed by atoms with van der Waals surface area (Å²) < 4.78 is 5.22. The second kappa shape index (κ2) is 9.02. The molecule has 0 amide bonds. The van der Waals surface area contributed by atoms with Crippen molar-refractivity contribution in [2.45, 2.75) is 77.5 Å². The molecule has 2 aliphatic rings. The first-order valence-corrected chi connectivity index (χ1v) is 10.3. The number of hydrogen-bond donors (Lipinski definition) is 2. The van der Waals surface area contributed by atoms with Gasteiger partial charge in [0.25, 0.3) is 0 Å². The normalized spacial score (nSPS) is 24.1. The molecule has 0 aromatic carbocycles. The summed E-state index contributed by atoms with van der Waals surface area (Å²) in [7, 11) is 0. The van der Waals surface area contributed by atoms with Crippen molar-refractivity contribution in [1.82, 2.24) is 10.3 Å². The van der Waals surface area contributed by atoms with Crippen molar-refractivity contribution in [2.75, 3.05) is 24.6 Å². The Kier molecular flexibility index (Phi) is 6.71. The highest BCUT2D eigenvalue weighted by atomic mass is 16.5. The van der Waals surface area contributed by atoms with Gasteiger partial charge in [-0.1, -0.05) is 19.3 Å². The van der Waals surface area contributed by atoms with Crippen LogP contribution in [0.1, 0.15) is 67.1 Å². The topological polar surface area (TPSA) is 74.7 Å². The molecule has 2 N–H and O–H groups in total. The fraction of sp³-hybridized carbons (Fsp3) is 0.714. The molecule has 3 rings (SSSR count). The first-order chi connectivity index (χ1) is 13.0. The summed E-state index contributed by atoms with van der Waals surface area (Å²) in [6, 6.07) is 2.50. The lowest BCUT2D eigenvalue weighted by atomic mass is 9.92. The Balaban J connectivity index is 1.72. The van der Waals surface area contributed by atoms with Crippen molar-refractivity contribution in [3.8, 4) is 0 Å². The molecule has 0 unspecified atom stereocenters. The Morgan fingerprint density at radius 2 is 2.04 bits per heavy atom. The molecule has 1 aliphatic heterocycles. The van der Waals surface area contributed by atoms with Crippen LogP contribution in [0.25, 0.3) is 0 Å². The average molecular weight is 376 g/mol. The molecule has 1 aromatic rings. The van der Waals surface area contributed by atoms with Crippen LogP contribution in [0.5, 0.6) is 0 Å². The van der Waals surface area contributed by atoms with Gasteiger partial charge in [-0.2, -0.15) is 0 Å². The van der Waals surface area contributed by atoms with E-state index < -0.39 is 6.10 Å². The van der Waals surface area contributed by atoms with E-state index in [1.165, 1.54) is 32.1 Å². The van der Waals surface area contributed by atoms with Gasteiger partial charge in [0.15, 0.2) is 0 Å². The van der Waals surface area contributed by atoms with Gasteiger partial charge in [-0.15, -0.1) is 0 Å². The Bertz CT molecular complexity index is 658. The Labute approximate surface area is 162 Å². The van der Waals surface area contributed by atoms with E-state index in [2.05, 4.69) is 10.3 Å². The van der Waals surface area contributed by atoms with Gasteiger partial charge in [0.2, 0.25) is 0 Å². The van der Waals surface area contributed by atoms with Gasteiger partial charge in [-0.25, -0.2) is 9.78 Å². The second-order valence-electron chi connectivity index (χ2n) is 7.89. The highest BCUT2D eigenvalue weighted by molar-refractivity contribution is 5.95. The number of piperidine rings is 1. The van der Waals surface area contributed by atoms with E-state index in [1.807, 2.05) is 24.8 Å². The van der Waals surface area contributed by atoms with Crippen molar-refractivity contribution < 1.29 is 14.6 Å². The van der Waals surface area contributed by atoms with Gasteiger partial charge >= 0.3 is 5.97 Å². The maximum absolute atomic E-state index is 12.4. The summed E-state index contributed by atoms with van der Waals surface area (Å²) >= 11 is 0. The number of β-amino-alcohol motifs (C(OH)–C–C–N with tert-alkyl or cyclic N) is 1. The van der Waals surface area contributed by atoms with E-state index >= 15 is 0 Å². The number of carbonyl (C=O) groups is 1. The number of hydrogen-bond acceptors (Lipinski definition) is 6. The van der Waals surface area contributed by atoms with Gasteiger partial charge in [0.05, 0.1) is 12.7 Å². The number of nitrogens with one attached hydrogen (secondary N) is 1. The van der Waals surface area contributed by atoms with Crippen LogP contribution in [-0.2, 0) is 4.74 Å². The number of esters is 1. The molecule has 6 nitrogen and oxygen atoms in total. The fourth-order valence-electron chi connectivity index (χ4n) is 4.18. The van der Waals surface area contributed by atoms with Gasteiger partial charge < -0.3 is 20.1 Å². The van der Waals surface area contributed by atoms with Crippen LogP contribution in [-0.4, -0.2) is 53.9 Å². The third-order valence-corrected chi connectivity index (χ3v) is 5.88. The number of rotatable bonds is 5. The number of anilines is 1. The molecule has 2 heterocycles. The van der Waals surface area contributed by atoms with Gasteiger partial charge in [-0.05, 0) is 51.7 Å². The van der Waals surface area contributed by atoms with Crippen LogP contribution in [0.3, 0.4) is 0 Å². The molecule has 150 valence electrons. The summed E-state index contributed by atoms with van der Waals surface area (Å²) in [6.07, 6.45) is 6.67. The highest BCUT2D eigenvalue weighted by Gasteiger charge is 2.32. The molecule has 1 saturated heterocycles. The quantitative estimate of drug-likeness (QED) is 0.771. The molecule has 1 aliphatic carbocycles. The molecule has 27 heavy (non-hydrogen) atoms. The average Bonchev–Trinajstić information content (AvgIpc) is 2.66. The fourth-order valence-corrected chi connectivity index (χ4v) is 4.18. The summed E-state index contributed by atoms with van der Waals surface area (Å²) in [5.74, 6) is 0.284. The molecule has 0 bridgehead atoms. The molecule has 1 saturated carbocycles. The van der Waals surface area contributed by atoms with Crippen molar-refractivity contribution in [2.24, 2.45) is 0 Å². The summed E-state index contributed by atoms with van der Waals surface area (Å²) in [4.78, 5) is 19.1. The van der Waals surface area contributed by atoms with E-state index in [1.54, 1.807) is 6.92 Å². The zero-order valence-electron chi connectivity index (χ0n) is 16.8. The van der Waals surface area contributed by atoms with Crippen molar-refractivity contribution in [1.29, 1.82) is 0 Å². The first-order valence-electron chi connectivity index (χ1n) is 10.3. The Hall–Kier alpha value is -1.66. The number of aliphatic hydroxyl groups is 1. The Morgan fingerprint density at radius 3 is 2.70 bits per heavy atom. The van der Waals surface area contributed by atoms with E-state index in [0.29, 0.717) is 30.6 Å². The summed E-state index contributed by atoms with van der Waals surface area (Å²) in [6.45, 7) is 7.28. The highest BCUT2D eigenvalue weighted by Crippen LogP contribution is 2.26. The zero-order valence-corrected chi connectivity index (χ0v) is 16.8. The molecule has 2 atom stereocenters. The predicted molar refractivity (Wildman–Crippen MR) is 106 cm³/mol. The number of carbonyl (C=O) groups excluding carboxylic acids is 1. The number of pyridine rings is 1. The van der Waals surface area contributed by atoms with E-state index in [9.17, 15) is 9.90 Å². The summed E-state index contributed by atoms with van der Waals surface area (Å²) in [5.41, 5.74) is 2.36. The van der Waals surface area contributed by atoms with Gasteiger partial charge in [0, 0.05) is 30.9 Å². The number of aryl methyl sites for hydroxylation is 2. The lowest BCUT2D eigenvalue weighted by molar-refractivity contribution is 0.0525. The molecule has 0 spiro atoms. The number of aliphatic hydroxyl groups excluding tert-OH is 1. The van der Waals surface area contributed by atoms with E-state index in [0.717, 1.165) is 24.2 Å². The number of aromatic nitrogens is 1. The molecular weight excluding hydrogens is 342 g/mol. The Morgan fingerprint density at radius 1 is 1.30 bits per heavy atom.